The van der Waals surface area contributed by atoms with E-state index in [9.17, 15) is 0 Å². The predicted octanol–water partition coefficient (Wildman–Crippen LogP) is 8.55. The van der Waals surface area contributed by atoms with Gasteiger partial charge >= 0.3 is 0 Å². The molecule has 3 N–H and O–H groups in total. The second-order valence-corrected chi connectivity index (χ2v) is 9.67. The molecule has 0 amide bonds. The average Bonchev–Trinajstić information content (AvgIpc) is 2.95. The van der Waals surface area contributed by atoms with Crippen molar-refractivity contribution in [3.63, 3.8) is 0 Å². The first-order valence-electron chi connectivity index (χ1n) is 12.8. The van der Waals surface area contributed by atoms with Crippen molar-refractivity contribution in [1.82, 2.24) is 0 Å². The first kappa shape index (κ1) is 21.5. The molecule has 0 aromatic heterocycles. The second-order valence-electron chi connectivity index (χ2n) is 9.67. The maximum atomic E-state index is 6.37. The van der Waals surface area contributed by atoms with E-state index in [-0.39, 0.29) is 6.04 Å². The van der Waals surface area contributed by atoms with Crippen LogP contribution in [-0.4, -0.2) is 6.54 Å². The summed E-state index contributed by atoms with van der Waals surface area (Å²) in [4.78, 5) is 2.49. The van der Waals surface area contributed by atoms with E-state index < -0.39 is 0 Å². The number of nitrogen functional groups attached to an aromatic ring is 1. The molecule has 0 radical (unpaired) electrons. The molecule has 1 unspecified atom stereocenters. The van der Waals surface area contributed by atoms with Crippen molar-refractivity contribution >= 4 is 44.3 Å². The van der Waals surface area contributed by atoms with Crippen LogP contribution < -0.4 is 16.0 Å². The third-order valence-corrected chi connectivity index (χ3v) is 7.50. The fraction of sp³-hybridized carbons (Fsp3) is 0.0588. The molecular formula is C34H27N3. The summed E-state index contributed by atoms with van der Waals surface area (Å²) in [6, 6.07) is 45.2. The number of nitrogens with zero attached hydrogens (tertiary/aromatic N) is 1. The van der Waals surface area contributed by atoms with E-state index >= 15 is 0 Å². The normalized spacial score (nSPS) is 12.9. The Morgan fingerprint density at radius 1 is 0.622 bits per heavy atom. The van der Waals surface area contributed by atoms with Crippen LogP contribution in [0.25, 0.3) is 32.7 Å². The smallest absolute Gasteiger partial charge is 0.0694 e. The molecule has 1 aliphatic rings. The molecule has 7 rings (SSSR count). The number of hydrogen-bond acceptors (Lipinski definition) is 3. The van der Waals surface area contributed by atoms with Gasteiger partial charge in [0.15, 0.2) is 0 Å². The average molecular weight is 478 g/mol. The largest absolute Gasteiger partial charge is 0.397 e. The van der Waals surface area contributed by atoms with Gasteiger partial charge in [-0.2, -0.15) is 0 Å². The number of nitrogens with one attached hydrogen (secondary N) is 1. The Kier molecular flexibility index (Phi) is 5.07. The third-order valence-electron chi connectivity index (χ3n) is 7.50. The Balaban J connectivity index is 1.44. The van der Waals surface area contributed by atoms with Crippen LogP contribution in [0, 0.1) is 0 Å². The third kappa shape index (κ3) is 3.59. The van der Waals surface area contributed by atoms with E-state index in [1.54, 1.807) is 0 Å². The molecular weight excluding hydrogens is 450 g/mol. The van der Waals surface area contributed by atoms with Gasteiger partial charge in [-0.05, 0) is 51.6 Å². The molecule has 1 heterocycles. The minimum absolute atomic E-state index is 0.0192. The second kappa shape index (κ2) is 8.72. The summed E-state index contributed by atoms with van der Waals surface area (Å²) in [7, 11) is 0. The van der Waals surface area contributed by atoms with Crippen LogP contribution in [0.1, 0.15) is 11.6 Å². The summed E-state index contributed by atoms with van der Waals surface area (Å²) < 4.78 is 0. The van der Waals surface area contributed by atoms with Gasteiger partial charge in [0, 0.05) is 28.9 Å². The minimum atomic E-state index is 0.0192. The Morgan fingerprint density at radius 3 is 2.22 bits per heavy atom. The van der Waals surface area contributed by atoms with Crippen molar-refractivity contribution in [2.45, 2.75) is 6.04 Å². The molecule has 0 bridgehead atoms. The Labute approximate surface area is 216 Å². The Morgan fingerprint density at radius 2 is 1.35 bits per heavy atom. The highest BCUT2D eigenvalue weighted by Gasteiger charge is 2.28. The molecule has 0 saturated carbocycles. The van der Waals surface area contributed by atoms with E-state index in [1.165, 1.54) is 49.6 Å². The molecule has 1 atom stereocenters. The molecule has 0 saturated heterocycles. The van der Waals surface area contributed by atoms with Crippen LogP contribution in [0.5, 0.6) is 0 Å². The zero-order valence-corrected chi connectivity index (χ0v) is 20.4. The van der Waals surface area contributed by atoms with Gasteiger partial charge in [0.25, 0.3) is 0 Å². The number of fused-ring (bicyclic) bond motifs is 4. The van der Waals surface area contributed by atoms with Gasteiger partial charge in [0.05, 0.1) is 17.4 Å². The van der Waals surface area contributed by atoms with Crippen molar-refractivity contribution in [2.75, 3.05) is 22.5 Å². The molecule has 0 aliphatic carbocycles. The highest BCUT2D eigenvalue weighted by molar-refractivity contribution is 6.17. The van der Waals surface area contributed by atoms with Crippen LogP contribution in [0.3, 0.4) is 0 Å². The molecule has 3 heteroatoms. The first-order valence-corrected chi connectivity index (χ1v) is 12.8. The van der Waals surface area contributed by atoms with Crippen molar-refractivity contribution in [3.8, 4) is 11.1 Å². The molecule has 37 heavy (non-hydrogen) atoms. The molecule has 0 fully saturated rings. The van der Waals surface area contributed by atoms with Crippen LogP contribution >= 0.6 is 0 Å². The van der Waals surface area contributed by atoms with E-state index in [0.29, 0.717) is 0 Å². The van der Waals surface area contributed by atoms with Gasteiger partial charge < -0.3 is 16.0 Å². The number of benzene rings is 6. The fourth-order valence-electron chi connectivity index (χ4n) is 5.77. The zero-order chi connectivity index (χ0) is 24.8. The van der Waals surface area contributed by atoms with E-state index in [4.69, 9.17) is 5.73 Å². The molecule has 6 aromatic rings. The van der Waals surface area contributed by atoms with E-state index in [0.717, 1.165) is 17.9 Å². The Bertz CT molecular complexity index is 1750. The summed E-state index contributed by atoms with van der Waals surface area (Å²) in [5.41, 5.74) is 14.4. The molecule has 1 aliphatic heterocycles. The number of nitrogens with two attached hydrogens (primary N) is 1. The lowest BCUT2D eigenvalue weighted by Crippen LogP contribution is -2.30. The van der Waals surface area contributed by atoms with Crippen LogP contribution in [0.4, 0.5) is 22.7 Å². The Hall–Kier alpha value is -4.76. The summed E-state index contributed by atoms with van der Waals surface area (Å²) in [6.07, 6.45) is 0. The van der Waals surface area contributed by atoms with Gasteiger partial charge in [-0.25, -0.2) is 0 Å². The maximum absolute atomic E-state index is 6.37. The van der Waals surface area contributed by atoms with Crippen LogP contribution in [0.15, 0.2) is 127 Å². The molecule has 6 aromatic carbocycles. The van der Waals surface area contributed by atoms with Gasteiger partial charge in [-0.15, -0.1) is 0 Å². The number of hydrogen-bond donors (Lipinski definition) is 2. The quantitative estimate of drug-likeness (QED) is 0.244. The minimum Gasteiger partial charge on any atom is -0.397 e. The predicted molar refractivity (Wildman–Crippen MR) is 158 cm³/mol. The van der Waals surface area contributed by atoms with Gasteiger partial charge in [0.2, 0.25) is 0 Å². The summed E-state index contributed by atoms with van der Waals surface area (Å²) in [6.45, 7) is 0.747. The van der Waals surface area contributed by atoms with Gasteiger partial charge in [-0.3, -0.25) is 0 Å². The summed E-state index contributed by atoms with van der Waals surface area (Å²) in [5.74, 6) is 0. The lowest BCUT2D eigenvalue weighted by molar-refractivity contribution is 0.769. The van der Waals surface area contributed by atoms with Crippen molar-refractivity contribution in [1.29, 1.82) is 0 Å². The first-order chi connectivity index (χ1) is 18.3. The number of para-hydroxylation sites is 2. The van der Waals surface area contributed by atoms with Crippen molar-refractivity contribution in [3.05, 3.63) is 133 Å². The number of rotatable bonds is 5. The van der Waals surface area contributed by atoms with Gasteiger partial charge in [-0.1, -0.05) is 103 Å². The lowest BCUT2D eigenvalue weighted by atomic mass is 9.87. The fourth-order valence-corrected chi connectivity index (χ4v) is 5.77. The summed E-state index contributed by atoms with van der Waals surface area (Å²) >= 11 is 0. The molecule has 3 nitrogen and oxygen atoms in total. The summed E-state index contributed by atoms with van der Waals surface area (Å²) in [5, 5.41) is 8.87. The molecule has 178 valence electrons. The van der Waals surface area contributed by atoms with Crippen LogP contribution in [-0.2, 0) is 0 Å². The topological polar surface area (TPSA) is 41.3 Å². The van der Waals surface area contributed by atoms with Crippen LogP contribution in [0.2, 0.25) is 0 Å². The SMILES string of the molecule is Nc1ccccc1NC(CN1c2ccc3ccccc3c2-c2cccc3cccc1c23)c1ccccc1. The van der Waals surface area contributed by atoms with E-state index in [2.05, 4.69) is 119 Å². The van der Waals surface area contributed by atoms with Gasteiger partial charge in [0.1, 0.15) is 0 Å². The standard InChI is InChI=1S/C34H27N3/c35-28-17-6-7-18-29(28)36-30(24-11-2-1-3-12-24)22-37-31-19-9-14-25-13-8-16-27(33(25)31)34-26-15-5-4-10-23(26)20-21-32(34)37/h1-21,30,36H,22,35H2. The maximum Gasteiger partial charge on any atom is 0.0694 e. The molecule has 0 spiro atoms. The monoisotopic (exact) mass is 477 g/mol. The lowest BCUT2D eigenvalue weighted by Gasteiger charge is -2.37. The number of anilines is 4. The zero-order valence-electron chi connectivity index (χ0n) is 20.4. The van der Waals surface area contributed by atoms with Crippen molar-refractivity contribution in [2.24, 2.45) is 0 Å². The van der Waals surface area contributed by atoms with E-state index in [1.807, 2.05) is 18.2 Å². The highest BCUT2D eigenvalue weighted by atomic mass is 15.2. The highest BCUT2D eigenvalue weighted by Crippen LogP contribution is 2.50. The van der Waals surface area contributed by atoms with Crippen molar-refractivity contribution < 1.29 is 0 Å².